The van der Waals surface area contributed by atoms with Crippen molar-refractivity contribution in [1.82, 2.24) is 0 Å². The van der Waals surface area contributed by atoms with Crippen LogP contribution in [0.4, 0.5) is 0 Å². The molecule has 0 unspecified atom stereocenters. The summed E-state index contributed by atoms with van der Waals surface area (Å²) in [6, 6.07) is 0. The van der Waals surface area contributed by atoms with Crippen LogP contribution in [0.15, 0.2) is 0 Å². The molecule has 0 saturated heterocycles. The van der Waals surface area contributed by atoms with Gasteiger partial charge in [0.2, 0.25) is 0 Å². The highest BCUT2D eigenvalue weighted by Crippen LogP contribution is 2.71. The Balaban J connectivity index is 3.49. The average molecular weight is 829 g/mol. The van der Waals surface area contributed by atoms with Crippen molar-refractivity contribution >= 4 is 0 Å². The van der Waals surface area contributed by atoms with Crippen LogP contribution in [0.2, 0.25) is 0 Å². The standard InChI is InChI=1S/C50H100O8/c51-39-31-47(32-40-52)29-27-25-23-21-19-17-15-13-11-9-7-5-3-1-2-4-6-8-10-12-14-16-18-20-22-24-26-28-30-48(33-41-53,34-42-54)50(37-45-57,38-46-58)49(47,35-43-55)36-44-56/h51-58H,1-46H2. The molecule has 1 aliphatic rings. The third-order valence-corrected chi connectivity index (χ3v) is 15.5. The fraction of sp³-hybridized carbons (Fsp3) is 1.00. The Morgan fingerprint density at radius 3 is 0.466 bits per heavy atom. The minimum absolute atomic E-state index is 0.125. The molecule has 1 saturated carbocycles. The SMILES string of the molecule is OCCC1(CCO)CCCCCCCCCCCCCCCCCCCCCCCCCCCCCCC(CCO)(CCO)C(CCO)(CCO)C1(CCO)CCO. The molecule has 0 aromatic heterocycles. The first-order chi connectivity index (χ1) is 28.4. The van der Waals surface area contributed by atoms with Crippen LogP contribution in [0, 0.1) is 21.7 Å². The minimum atomic E-state index is -0.915. The van der Waals surface area contributed by atoms with Crippen LogP contribution in [0.5, 0.6) is 0 Å². The maximum Gasteiger partial charge on any atom is 0.0436 e. The van der Waals surface area contributed by atoms with Crippen molar-refractivity contribution in [3.63, 3.8) is 0 Å². The highest BCUT2D eigenvalue weighted by atomic mass is 16.3. The lowest BCUT2D eigenvalue weighted by Gasteiger charge is -2.68. The van der Waals surface area contributed by atoms with Gasteiger partial charge in [-0.2, -0.15) is 0 Å². The molecular formula is C50H100O8. The normalized spacial score (nSPS) is 22.8. The Bertz CT molecular complexity index is 790. The molecule has 8 N–H and O–H groups in total. The third kappa shape index (κ3) is 19.0. The smallest absolute Gasteiger partial charge is 0.0436 e. The van der Waals surface area contributed by atoms with E-state index in [0.717, 1.165) is 38.5 Å². The molecule has 0 bridgehead atoms. The van der Waals surface area contributed by atoms with E-state index in [2.05, 4.69) is 0 Å². The molecule has 0 aliphatic heterocycles. The highest BCUT2D eigenvalue weighted by Gasteiger charge is 2.66. The summed E-state index contributed by atoms with van der Waals surface area (Å²) in [5, 5.41) is 87.3. The van der Waals surface area contributed by atoms with Gasteiger partial charge in [-0.05, 0) is 85.9 Å². The molecule has 0 spiro atoms. The third-order valence-electron chi connectivity index (χ3n) is 15.5. The molecule has 0 radical (unpaired) electrons. The number of hydrogen-bond acceptors (Lipinski definition) is 8. The second kappa shape index (κ2) is 36.2. The van der Waals surface area contributed by atoms with E-state index in [1.165, 1.54) is 141 Å². The van der Waals surface area contributed by atoms with E-state index in [9.17, 15) is 40.9 Å². The summed E-state index contributed by atoms with van der Waals surface area (Å²) in [5.74, 6) is 0. The van der Waals surface area contributed by atoms with Gasteiger partial charge in [-0.3, -0.25) is 0 Å². The maximum atomic E-state index is 11.0. The van der Waals surface area contributed by atoms with Crippen molar-refractivity contribution in [2.45, 2.75) is 244 Å². The van der Waals surface area contributed by atoms with Crippen LogP contribution in [-0.4, -0.2) is 93.7 Å². The largest absolute Gasteiger partial charge is 0.396 e. The summed E-state index contributed by atoms with van der Waals surface area (Å²) < 4.78 is 0. The van der Waals surface area contributed by atoms with Gasteiger partial charge in [-0.15, -0.1) is 0 Å². The van der Waals surface area contributed by atoms with Crippen LogP contribution >= 0.6 is 0 Å². The fourth-order valence-electron chi connectivity index (χ4n) is 12.6. The highest BCUT2D eigenvalue weighted by molar-refractivity contribution is 5.14. The van der Waals surface area contributed by atoms with E-state index in [4.69, 9.17) is 0 Å². The van der Waals surface area contributed by atoms with Crippen molar-refractivity contribution in [3.05, 3.63) is 0 Å². The lowest BCUT2D eigenvalue weighted by molar-refractivity contribution is -0.220. The van der Waals surface area contributed by atoms with Gasteiger partial charge in [-0.25, -0.2) is 0 Å². The van der Waals surface area contributed by atoms with Crippen LogP contribution in [0.25, 0.3) is 0 Å². The second-order valence-electron chi connectivity index (χ2n) is 18.9. The topological polar surface area (TPSA) is 162 Å². The van der Waals surface area contributed by atoms with Gasteiger partial charge in [0.25, 0.3) is 0 Å². The molecule has 0 heterocycles. The molecule has 0 atom stereocenters. The maximum absolute atomic E-state index is 11.0. The lowest BCUT2D eigenvalue weighted by atomic mass is 9.36. The first kappa shape index (κ1) is 55.7. The van der Waals surface area contributed by atoms with Gasteiger partial charge >= 0.3 is 0 Å². The predicted octanol–water partition coefficient (Wildman–Crippen LogP) is 10.7. The van der Waals surface area contributed by atoms with Crippen molar-refractivity contribution in [2.75, 3.05) is 52.9 Å². The zero-order valence-corrected chi connectivity index (χ0v) is 38.1. The lowest BCUT2D eigenvalue weighted by Crippen LogP contribution is -2.63. The summed E-state index contributed by atoms with van der Waals surface area (Å²) in [6.45, 7) is -1.26. The molecule has 8 heteroatoms. The Hall–Kier alpha value is -0.320. The number of rotatable bonds is 16. The van der Waals surface area contributed by atoms with Crippen LogP contribution in [0.3, 0.4) is 0 Å². The first-order valence-electron chi connectivity index (χ1n) is 25.3. The molecule has 0 aromatic carbocycles. The fourth-order valence-corrected chi connectivity index (χ4v) is 12.6. The average Bonchev–Trinajstić information content (AvgIpc) is 3.21. The van der Waals surface area contributed by atoms with E-state index in [1.54, 1.807) is 0 Å². The predicted molar refractivity (Wildman–Crippen MR) is 242 cm³/mol. The van der Waals surface area contributed by atoms with Crippen molar-refractivity contribution in [3.8, 4) is 0 Å². The minimum Gasteiger partial charge on any atom is -0.396 e. The molecule has 348 valence electrons. The van der Waals surface area contributed by atoms with E-state index < -0.39 is 21.7 Å². The molecule has 1 rings (SSSR count). The molecule has 8 nitrogen and oxygen atoms in total. The number of aliphatic hydroxyl groups excluding tert-OH is 8. The summed E-state index contributed by atoms with van der Waals surface area (Å²) in [6.07, 6.45) is 39.2. The Labute approximate surface area is 358 Å². The quantitative estimate of drug-likeness (QED) is 0.0763. The van der Waals surface area contributed by atoms with E-state index in [-0.39, 0.29) is 78.5 Å². The number of hydrogen-bond donors (Lipinski definition) is 8. The molecule has 0 amide bonds. The summed E-state index contributed by atoms with van der Waals surface area (Å²) in [5.41, 5.74) is -3.28. The zero-order valence-electron chi connectivity index (χ0n) is 38.1. The molecular weight excluding hydrogens is 729 g/mol. The van der Waals surface area contributed by atoms with Gasteiger partial charge in [0, 0.05) is 52.9 Å². The van der Waals surface area contributed by atoms with E-state index >= 15 is 0 Å². The second-order valence-corrected chi connectivity index (χ2v) is 18.9. The van der Waals surface area contributed by atoms with Crippen LogP contribution < -0.4 is 0 Å². The Morgan fingerprint density at radius 1 is 0.190 bits per heavy atom. The van der Waals surface area contributed by atoms with Crippen LogP contribution in [-0.2, 0) is 0 Å². The summed E-state index contributed by atoms with van der Waals surface area (Å²) in [4.78, 5) is 0. The zero-order chi connectivity index (χ0) is 42.5. The summed E-state index contributed by atoms with van der Waals surface area (Å²) >= 11 is 0. The van der Waals surface area contributed by atoms with E-state index in [1.807, 2.05) is 0 Å². The summed E-state index contributed by atoms with van der Waals surface area (Å²) in [7, 11) is 0. The van der Waals surface area contributed by atoms with Crippen LogP contribution in [0.1, 0.15) is 244 Å². The molecule has 1 fully saturated rings. The van der Waals surface area contributed by atoms with Crippen molar-refractivity contribution < 1.29 is 40.9 Å². The van der Waals surface area contributed by atoms with Crippen molar-refractivity contribution in [1.29, 1.82) is 0 Å². The Kier molecular flexibility index (Phi) is 34.8. The molecule has 1 aliphatic carbocycles. The van der Waals surface area contributed by atoms with Gasteiger partial charge < -0.3 is 40.9 Å². The number of aliphatic hydroxyl groups is 8. The van der Waals surface area contributed by atoms with E-state index in [0.29, 0.717) is 38.5 Å². The van der Waals surface area contributed by atoms with Crippen molar-refractivity contribution in [2.24, 2.45) is 21.7 Å². The van der Waals surface area contributed by atoms with Gasteiger partial charge in [-0.1, -0.05) is 180 Å². The van der Waals surface area contributed by atoms with Gasteiger partial charge in [0.15, 0.2) is 0 Å². The molecule has 58 heavy (non-hydrogen) atoms. The van der Waals surface area contributed by atoms with Gasteiger partial charge in [0.1, 0.15) is 0 Å². The molecule has 0 aromatic rings. The monoisotopic (exact) mass is 829 g/mol. The first-order valence-corrected chi connectivity index (χ1v) is 25.3. The Morgan fingerprint density at radius 2 is 0.328 bits per heavy atom. The van der Waals surface area contributed by atoms with Gasteiger partial charge in [0.05, 0.1) is 0 Å².